The summed E-state index contributed by atoms with van der Waals surface area (Å²) in [5.41, 5.74) is 1.36. The van der Waals surface area contributed by atoms with Crippen LogP contribution in [0.3, 0.4) is 0 Å². The summed E-state index contributed by atoms with van der Waals surface area (Å²) in [5, 5.41) is 0. The Bertz CT molecular complexity index is 361. The van der Waals surface area contributed by atoms with E-state index in [0.717, 1.165) is 32.7 Å². The second-order valence-electron chi connectivity index (χ2n) is 4.43. The predicted molar refractivity (Wildman–Crippen MR) is 68.1 cm³/mol. The number of carbonyl (C=O) groups excluding carboxylic acids is 1. The van der Waals surface area contributed by atoms with Crippen molar-refractivity contribution in [2.75, 3.05) is 32.1 Å². The Morgan fingerprint density at radius 3 is 2.47 bits per heavy atom. The van der Waals surface area contributed by atoms with Gasteiger partial charge in [-0.25, -0.2) is 0 Å². The molecule has 1 heterocycles. The number of hydrogen-bond acceptors (Lipinski definition) is 1. The van der Waals surface area contributed by atoms with E-state index in [2.05, 4.69) is 24.3 Å². The number of hydrogen-bond donors (Lipinski definition) is 1. The Kier molecular flexibility index (Phi) is 4.40. The number of nitrogens with one attached hydrogen (secondary N) is 1. The number of halogens is 1. The standard InChI is InChI=1S/C13H17ClN2O/c14-10-13(17)16-8-6-15(7-9-16)11-12-4-2-1-3-5-12/h1-5H,6-11H2/p+1. The summed E-state index contributed by atoms with van der Waals surface area (Å²) in [6, 6.07) is 10.5. The largest absolute Gasteiger partial charge is 0.330 e. The minimum atomic E-state index is 0.0606. The van der Waals surface area contributed by atoms with Crippen molar-refractivity contribution in [1.29, 1.82) is 0 Å². The van der Waals surface area contributed by atoms with Crippen LogP contribution in [-0.4, -0.2) is 42.9 Å². The molecule has 1 aliphatic heterocycles. The van der Waals surface area contributed by atoms with Crippen molar-refractivity contribution in [3.05, 3.63) is 35.9 Å². The maximum Gasteiger partial charge on any atom is 0.237 e. The first-order valence-corrected chi connectivity index (χ1v) is 6.54. The highest BCUT2D eigenvalue weighted by atomic mass is 35.5. The van der Waals surface area contributed by atoms with Crippen molar-refractivity contribution in [2.24, 2.45) is 0 Å². The zero-order valence-corrected chi connectivity index (χ0v) is 10.6. The number of alkyl halides is 1. The number of carbonyl (C=O) groups is 1. The monoisotopic (exact) mass is 253 g/mol. The average molecular weight is 254 g/mol. The molecule has 0 aromatic heterocycles. The summed E-state index contributed by atoms with van der Waals surface area (Å²) >= 11 is 5.55. The van der Waals surface area contributed by atoms with E-state index in [9.17, 15) is 4.79 Å². The molecular weight excluding hydrogens is 236 g/mol. The number of benzene rings is 1. The van der Waals surface area contributed by atoms with Crippen LogP contribution in [0.15, 0.2) is 30.3 Å². The number of piperazine rings is 1. The SMILES string of the molecule is O=C(CCl)N1CC[NH+](Cc2ccccc2)CC1. The zero-order valence-electron chi connectivity index (χ0n) is 9.86. The lowest BCUT2D eigenvalue weighted by Gasteiger charge is -2.31. The molecule has 2 rings (SSSR count). The van der Waals surface area contributed by atoms with Crippen molar-refractivity contribution in [2.45, 2.75) is 6.54 Å². The van der Waals surface area contributed by atoms with E-state index >= 15 is 0 Å². The predicted octanol–water partition coefficient (Wildman–Crippen LogP) is 0.152. The molecule has 1 N–H and O–H groups in total. The second kappa shape index (κ2) is 6.03. The highest BCUT2D eigenvalue weighted by Crippen LogP contribution is 1.97. The van der Waals surface area contributed by atoms with E-state index < -0.39 is 0 Å². The Labute approximate surface area is 107 Å². The molecule has 1 fully saturated rings. The van der Waals surface area contributed by atoms with E-state index in [-0.39, 0.29) is 11.8 Å². The van der Waals surface area contributed by atoms with Gasteiger partial charge in [-0.05, 0) is 0 Å². The van der Waals surface area contributed by atoms with Crippen molar-refractivity contribution in [3.8, 4) is 0 Å². The van der Waals surface area contributed by atoms with Crippen molar-refractivity contribution >= 4 is 17.5 Å². The first kappa shape index (κ1) is 12.4. The molecule has 0 bridgehead atoms. The Morgan fingerprint density at radius 2 is 1.88 bits per heavy atom. The summed E-state index contributed by atoms with van der Waals surface area (Å²) in [5.74, 6) is 0.166. The summed E-state index contributed by atoms with van der Waals surface area (Å²) in [7, 11) is 0. The fourth-order valence-corrected chi connectivity index (χ4v) is 2.39. The van der Waals surface area contributed by atoms with Crippen LogP contribution >= 0.6 is 11.6 Å². The van der Waals surface area contributed by atoms with Crippen LogP contribution in [0, 0.1) is 0 Å². The van der Waals surface area contributed by atoms with Gasteiger partial charge in [0.25, 0.3) is 0 Å². The quantitative estimate of drug-likeness (QED) is 0.763. The van der Waals surface area contributed by atoms with Crippen LogP contribution in [-0.2, 0) is 11.3 Å². The molecule has 92 valence electrons. The van der Waals surface area contributed by atoms with E-state index in [1.807, 2.05) is 11.0 Å². The molecule has 1 aromatic carbocycles. The van der Waals surface area contributed by atoms with Crippen molar-refractivity contribution < 1.29 is 9.69 Å². The average Bonchev–Trinajstić information content (AvgIpc) is 2.40. The lowest BCUT2D eigenvalue weighted by Crippen LogP contribution is -3.13. The van der Waals surface area contributed by atoms with Crippen LogP contribution in [0.2, 0.25) is 0 Å². The van der Waals surface area contributed by atoms with Crippen LogP contribution in [0.1, 0.15) is 5.56 Å². The Hall–Kier alpha value is -1.06. The van der Waals surface area contributed by atoms with Crippen LogP contribution in [0.25, 0.3) is 0 Å². The first-order valence-electron chi connectivity index (χ1n) is 6.01. The molecule has 3 nitrogen and oxygen atoms in total. The summed E-state index contributed by atoms with van der Waals surface area (Å²) in [6.45, 7) is 4.72. The van der Waals surface area contributed by atoms with Gasteiger partial charge in [-0.15, -0.1) is 11.6 Å². The summed E-state index contributed by atoms with van der Waals surface area (Å²) in [6.07, 6.45) is 0. The van der Waals surface area contributed by atoms with Gasteiger partial charge in [0.05, 0.1) is 26.2 Å². The smallest absolute Gasteiger partial charge is 0.237 e. The summed E-state index contributed by atoms with van der Waals surface area (Å²) < 4.78 is 0. The Balaban J connectivity index is 1.82. The van der Waals surface area contributed by atoms with Crippen LogP contribution < -0.4 is 4.90 Å². The highest BCUT2D eigenvalue weighted by Gasteiger charge is 2.22. The van der Waals surface area contributed by atoms with Crippen LogP contribution in [0.4, 0.5) is 0 Å². The lowest BCUT2D eigenvalue weighted by atomic mass is 10.2. The molecule has 17 heavy (non-hydrogen) atoms. The van der Waals surface area contributed by atoms with E-state index in [1.165, 1.54) is 10.5 Å². The molecule has 0 saturated carbocycles. The molecule has 4 heteroatoms. The molecule has 0 atom stereocenters. The third-order valence-corrected chi connectivity index (χ3v) is 3.46. The Morgan fingerprint density at radius 1 is 1.24 bits per heavy atom. The molecule has 1 amide bonds. The normalized spacial score (nSPS) is 17.1. The zero-order chi connectivity index (χ0) is 12.1. The third kappa shape index (κ3) is 3.45. The number of rotatable bonds is 3. The fraction of sp³-hybridized carbons (Fsp3) is 0.462. The van der Waals surface area contributed by atoms with Gasteiger partial charge in [0.1, 0.15) is 12.4 Å². The minimum Gasteiger partial charge on any atom is -0.330 e. The molecular formula is C13H18ClN2O+. The molecule has 1 saturated heterocycles. The molecule has 1 aliphatic rings. The van der Waals surface area contributed by atoms with Gasteiger partial charge >= 0.3 is 0 Å². The molecule has 0 aliphatic carbocycles. The fourth-order valence-electron chi connectivity index (χ4n) is 2.22. The van der Waals surface area contributed by atoms with Gasteiger partial charge in [0, 0.05) is 5.56 Å². The lowest BCUT2D eigenvalue weighted by molar-refractivity contribution is -0.917. The van der Waals surface area contributed by atoms with Gasteiger partial charge in [-0.3, -0.25) is 4.79 Å². The van der Waals surface area contributed by atoms with E-state index in [1.54, 1.807) is 0 Å². The maximum absolute atomic E-state index is 11.4. The van der Waals surface area contributed by atoms with E-state index in [4.69, 9.17) is 11.6 Å². The number of nitrogens with zero attached hydrogens (tertiary/aromatic N) is 1. The summed E-state index contributed by atoms with van der Waals surface area (Å²) in [4.78, 5) is 14.8. The van der Waals surface area contributed by atoms with Gasteiger partial charge in [0.2, 0.25) is 5.91 Å². The number of quaternary nitrogens is 1. The third-order valence-electron chi connectivity index (χ3n) is 3.23. The minimum absolute atomic E-state index is 0.0606. The van der Waals surface area contributed by atoms with Gasteiger partial charge < -0.3 is 9.80 Å². The first-order chi connectivity index (χ1) is 8.29. The topological polar surface area (TPSA) is 24.8 Å². The van der Waals surface area contributed by atoms with Crippen LogP contribution in [0.5, 0.6) is 0 Å². The van der Waals surface area contributed by atoms with Gasteiger partial charge in [-0.2, -0.15) is 0 Å². The molecule has 0 radical (unpaired) electrons. The molecule has 1 aromatic rings. The van der Waals surface area contributed by atoms with Gasteiger partial charge in [0.15, 0.2) is 0 Å². The highest BCUT2D eigenvalue weighted by molar-refractivity contribution is 6.27. The van der Waals surface area contributed by atoms with E-state index in [0.29, 0.717) is 0 Å². The van der Waals surface area contributed by atoms with Crippen molar-refractivity contribution in [3.63, 3.8) is 0 Å². The van der Waals surface area contributed by atoms with Crippen molar-refractivity contribution in [1.82, 2.24) is 4.90 Å². The molecule has 0 spiro atoms. The van der Waals surface area contributed by atoms with Gasteiger partial charge in [-0.1, -0.05) is 30.3 Å². The molecule has 0 unspecified atom stereocenters. The number of amides is 1. The maximum atomic E-state index is 11.4. The second-order valence-corrected chi connectivity index (χ2v) is 4.69.